The van der Waals surface area contributed by atoms with E-state index in [0.29, 0.717) is 13.0 Å². The summed E-state index contributed by atoms with van der Waals surface area (Å²) in [4.78, 5) is 13.1. The van der Waals surface area contributed by atoms with Gasteiger partial charge in [-0.15, -0.1) is 0 Å². The number of ether oxygens (including phenoxy) is 1. The molecule has 90 valence electrons. The van der Waals surface area contributed by atoms with Gasteiger partial charge in [-0.05, 0) is 27.3 Å². The van der Waals surface area contributed by atoms with E-state index in [1.165, 1.54) is 0 Å². The zero-order valence-electron chi connectivity index (χ0n) is 10.1. The maximum Gasteiger partial charge on any atom is 0.237 e. The fraction of sp³-hybridized carbons (Fsp3) is 0.900. The lowest BCUT2D eigenvalue weighted by atomic mass is 9.93. The number of hydrogen-bond donors (Lipinski definition) is 2. The van der Waals surface area contributed by atoms with Crippen molar-refractivity contribution >= 4 is 5.91 Å². The molecule has 0 spiro atoms. The van der Waals surface area contributed by atoms with Gasteiger partial charge in [-0.25, -0.2) is 0 Å². The predicted octanol–water partition coefficient (Wildman–Crippen LogP) is -0.454. The van der Waals surface area contributed by atoms with Crippen LogP contribution in [0.25, 0.3) is 0 Å². The number of carbonyl (C=O) groups excluding carboxylic acids is 1. The zero-order valence-corrected chi connectivity index (χ0v) is 10.1. The summed E-state index contributed by atoms with van der Waals surface area (Å²) in [7, 11) is 3.63. The van der Waals surface area contributed by atoms with Gasteiger partial charge in [0.25, 0.3) is 0 Å². The predicted molar refractivity (Wildman–Crippen MR) is 60.4 cm³/mol. The van der Waals surface area contributed by atoms with E-state index in [-0.39, 0.29) is 6.04 Å². The van der Waals surface area contributed by atoms with Crippen LogP contribution in [-0.2, 0) is 9.53 Å². The maximum atomic E-state index is 11.0. The maximum absolute atomic E-state index is 11.0. The van der Waals surface area contributed by atoms with Crippen LogP contribution in [0.2, 0.25) is 0 Å². The molecule has 15 heavy (non-hydrogen) atoms. The third-order valence-corrected chi connectivity index (χ3v) is 2.68. The van der Waals surface area contributed by atoms with E-state index in [1.54, 1.807) is 14.0 Å². The number of hydrogen-bond acceptors (Lipinski definition) is 4. The van der Waals surface area contributed by atoms with Gasteiger partial charge in [0, 0.05) is 19.7 Å². The molecule has 0 aromatic rings. The van der Waals surface area contributed by atoms with E-state index in [9.17, 15) is 4.79 Å². The van der Waals surface area contributed by atoms with Crippen LogP contribution in [0.5, 0.6) is 0 Å². The third-order valence-electron chi connectivity index (χ3n) is 2.68. The van der Waals surface area contributed by atoms with Crippen LogP contribution in [-0.4, -0.2) is 49.7 Å². The van der Waals surface area contributed by atoms with Crippen LogP contribution in [0.1, 0.15) is 20.3 Å². The Kier molecular flexibility index (Phi) is 5.79. The lowest BCUT2D eigenvalue weighted by molar-refractivity contribution is -0.123. The van der Waals surface area contributed by atoms with Crippen molar-refractivity contribution in [1.82, 2.24) is 4.90 Å². The van der Waals surface area contributed by atoms with E-state index < -0.39 is 11.4 Å². The molecule has 0 aromatic heterocycles. The van der Waals surface area contributed by atoms with Crippen molar-refractivity contribution in [3.63, 3.8) is 0 Å². The Balaban J connectivity index is 4.11. The lowest BCUT2D eigenvalue weighted by Crippen LogP contribution is -2.53. The van der Waals surface area contributed by atoms with Crippen molar-refractivity contribution in [3.8, 4) is 0 Å². The molecule has 2 unspecified atom stereocenters. The molecule has 0 aliphatic rings. The minimum absolute atomic E-state index is 0.197. The van der Waals surface area contributed by atoms with Gasteiger partial charge in [0.2, 0.25) is 5.91 Å². The van der Waals surface area contributed by atoms with E-state index >= 15 is 0 Å². The van der Waals surface area contributed by atoms with Crippen LogP contribution < -0.4 is 11.5 Å². The molecule has 0 heterocycles. The minimum atomic E-state index is -0.944. The summed E-state index contributed by atoms with van der Waals surface area (Å²) in [6.45, 7) is 5.16. The van der Waals surface area contributed by atoms with Gasteiger partial charge in [0.05, 0.1) is 12.1 Å². The largest absolute Gasteiger partial charge is 0.383 e. The smallest absolute Gasteiger partial charge is 0.237 e. The molecule has 0 saturated heterocycles. The average Bonchev–Trinajstić information content (AvgIpc) is 2.13. The molecule has 0 aliphatic heterocycles. The normalized spacial score (nSPS) is 17.5. The number of likely N-dealkylation sites (N-methyl/N-ethyl adjacent to an activating group) is 1. The highest BCUT2D eigenvalue weighted by Crippen LogP contribution is 2.12. The van der Waals surface area contributed by atoms with Gasteiger partial charge in [-0.2, -0.15) is 0 Å². The van der Waals surface area contributed by atoms with Gasteiger partial charge in [-0.3, -0.25) is 4.79 Å². The first-order chi connectivity index (χ1) is 6.81. The molecule has 2 atom stereocenters. The highest BCUT2D eigenvalue weighted by Gasteiger charge is 2.29. The summed E-state index contributed by atoms with van der Waals surface area (Å²) >= 11 is 0. The SMILES string of the molecule is COCCN(C)C(C)CC(C)(N)C(N)=O. The molecule has 0 fully saturated rings. The summed E-state index contributed by atoms with van der Waals surface area (Å²) < 4.78 is 4.98. The Labute approximate surface area is 91.7 Å². The molecule has 0 saturated carbocycles. The number of methoxy groups -OCH3 is 1. The number of amides is 1. The molecule has 5 heteroatoms. The Morgan fingerprint density at radius 2 is 2.13 bits per heavy atom. The highest BCUT2D eigenvalue weighted by molar-refractivity contribution is 5.83. The fourth-order valence-electron chi connectivity index (χ4n) is 1.33. The van der Waals surface area contributed by atoms with Crippen LogP contribution in [0.15, 0.2) is 0 Å². The summed E-state index contributed by atoms with van der Waals surface area (Å²) in [6.07, 6.45) is 0.544. The first kappa shape index (κ1) is 14.3. The van der Waals surface area contributed by atoms with Gasteiger partial charge in [0.1, 0.15) is 0 Å². The summed E-state index contributed by atoms with van der Waals surface area (Å²) in [5.41, 5.74) is 10.1. The van der Waals surface area contributed by atoms with E-state index in [0.717, 1.165) is 6.54 Å². The van der Waals surface area contributed by atoms with Crippen molar-refractivity contribution in [2.75, 3.05) is 27.3 Å². The highest BCUT2D eigenvalue weighted by atomic mass is 16.5. The van der Waals surface area contributed by atoms with E-state index in [2.05, 4.69) is 4.90 Å². The molecular weight excluding hydrogens is 194 g/mol. The summed E-state index contributed by atoms with van der Waals surface area (Å²) in [5.74, 6) is -0.463. The van der Waals surface area contributed by atoms with Crippen LogP contribution >= 0.6 is 0 Å². The molecule has 4 N–H and O–H groups in total. The summed E-state index contributed by atoms with van der Waals surface area (Å²) in [6, 6.07) is 0.197. The first-order valence-electron chi connectivity index (χ1n) is 5.09. The van der Waals surface area contributed by atoms with Crippen molar-refractivity contribution in [2.24, 2.45) is 11.5 Å². The monoisotopic (exact) mass is 217 g/mol. The topological polar surface area (TPSA) is 81.6 Å². The van der Waals surface area contributed by atoms with Crippen molar-refractivity contribution in [2.45, 2.75) is 31.8 Å². The molecule has 0 rings (SSSR count). The molecule has 0 aromatic carbocycles. The van der Waals surface area contributed by atoms with Crippen molar-refractivity contribution in [3.05, 3.63) is 0 Å². The molecular formula is C10H23N3O2. The van der Waals surface area contributed by atoms with Crippen LogP contribution in [0.4, 0.5) is 0 Å². The van der Waals surface area contributed by atoms with Gasteiger partial charge in [-0.1, -0.05) is 0 Å². The summed E-state index contributed by atoms with van der Waals surface area (Å²) in [5, 5.41) is 0. The number of primary amides is 1. The second kappa shape index (κ2) is 6.05. The average molecular weight is 217 g/mol. The molecule has 0 radical (unpaired) electrons. The number of rotatable bonds is 7. The quantitative estimate of drug-likeness (QED) is 0.605. The van der Waals surface area contributed by atoms with Crippen molar-refractivity contribution < 1.29 is 9.53 Å². The van der Waals surface area contributed by atoms with Gasteiger partial charge in [0.15, 0.2) is 0 Å². The van der Waals surface area contributed by atoms with Gasteiger partial charge >= 0.3 is 0 Å². The number of carbonyl (C=O) groups is 1. The Morgan fingerprint density at radius 1 is 1.60 bits per heavy atom. The second-order valence-corrected chi connectivity index (χ2v) is 4.31. The lowest BCUT2D eigenvalue weighted by Gasteiger charge is -2.30. The fourth-order valence-corrected chi connectivity index (χ4v) is 1.33. The van der Waals surface area contributed by atoms with E-state index in [1.807, 2.05) is 14.0 Å². The standard InChI is InChI=1S/C10H23N3O2/c1-8(13(3)5-6-15-4)7-10(2,12)9(11)14/h8H,5-7,12H2,1-4H3,(H2,11,14). The third kappa shape index (κ3) is 5.11. The minimum Gasteiger partial charge on any atom is -0.383 e. The molecule has 0 bridgehead atoms. The second-order valence-electron chi connectivity index (χ2n) is 4.31. The first-order valence-corrected chi connectivity index (χ1v) is 5.09. The number of nitrogens with zero attached hydrogens (tertiary/aromatic N) is 1. The van der Waals surface area contributed by atoms with Crippen LogP contribution in [0, 0.1) is 0 Å². The molecule has 1 amide bonds. The Hall–Kier alpha value is -0.650. The van der Waals surface area contributed by atoms with E-state index in [4.69, 9.17) is 16.2 Å². The molecule has 5 nitrogen and oxygen atoms in total. The molecule has 0 aliphatic carbocycles. The number of nitrogens with two attached hydrogens (primary N) is 2. The zero-order chi connectivity index (χ0) is 12.1. The van der Waals surface area contributed by atoms with Gasteiger partial charge < -0.3 is 21.1 Å². The Bertz CT molecular complexity index is 207. The van der Waals surface area contributed by atoms with Crippen LogP contribution in [0.3, 0.4) is 0 Å². The Morgan fingerprint density at radius 3 is 2.53 bits per heavy atom. The van der Waals surface area contributed by atoms with Crippen molar-refractivity contribution in [1.29, 1.82) is 0 Å².